The monoisotopic (exact) mass is 471 g/mol. The van der Waals surface area contributed by atoms with Crippen molar-refractivity contribution >= 4 is 30.0 Å². The first-order valence-electron chi connectivity index (χ1n) is 10.5. The van der Waals surface area contributed by atoms with Crippen LogP contribution in [-0.4, -0.2) is 28.8 Å². The van der Waals surface area contributed by atoms with Crippen molar-refractivity contribution in [2.45, 2.75) is 38.3 Å². The summed E-state index contributed by atoms with van der Waals surface area (Å²) in [6, 6.07) is 19.4. The third-order valence-corrected chi connectivity index (χ3v) is 6.33. The van der Waals surface area contributed by atoms with Crippen molar-refractivity contribution in [3.63, 3.8) is 0 Å². The number of hydrogen-bond donors (Lipinski definition) is 3. The molecule has 3 aromatic rings. The molecule has 168 valence electrons. The Kier molecular flexibility index (Phi) is 7.96. The number of carbonyl (C=O) groups is 1. The molecule has 3 aromatic carbocycles. The van der Waals surface area contributed by atoms with E-state index in [1.54, 1.807) is 24.3 Å². The van der Waals surface area contributed by atoms with E-state index >= 15 is 0 Å². The second-order valence-corrected chi connectivity index (χ2v) is 8.67. The Labute approximate surface area is 199 Å². The highest BCUT2D eigenvalue weighted by Crippen LogP contribution is 2.30. The molecule has 2 atom stereocenters. The van der Waals surface area contributed by atoms with Gasteiger partial charge in [0, 0.05) is 17.6 Å². The van der Waals surface area contributed by atoms with Gasteiger partial charge in [-0.2, -0.15) is 0 Å². The molecular weight excluding hydrogens is 445 g/mol. The molecule has 4 rings (SSSR count). The van der Waals surface area contributed by atoms with Crippen LogP contribution >= 0.6 is 24.0 Å². The summed E-state index contributed by atoms with van der Waals surface area (Å²) in [5.41, 5.74) is 6.95. The van der Waals surface area contributed by atoms with Gasteiger partial charge in [0.1, 0.15) is 0 Å². The fourth-order valence-electron chi connectivity index (χ4n) is 4.30. The summed E-state index contributed by atoms with van der Waals surface area (Å²) in [5, 5.41) is 23.9. The van der Waals surface area contributed by atoms with Crippen LogP contribution in [0.1, 0.15) is 45.1 Å². The minimum absolute atomic E-state index is 0. The van der Waals surface area contributed by atoms with Gasteiger partial charge in [0.2, 0.25) is 0 Å². The van der Waals surface area contributed by atoms with E-state index in [-0.39, 0.29) is 12.4 Å². The van der Waals surface area contributed by atoms with E-state index < -0.39 is 12.1 Å². The minimum atomic E-state index is -0.908. The minimum Gasteiger partial charge on any atom is -0.478 e. The standard InChI is InChI=1S/C26H26ClNO3.ClH/c1-16-12-20(26(30)31)7-11-24(16)19-3-2-17-6-10-23(14-21(17)13-19)28-15-25(29)18-4-8-22(27)9-5-18;/h2-5,7-9,11-13,23,25,28-29H,6,10,14-15H2,1H3,(H,30,31);1H/t23-,25-;/m0./s1. The first-order chi connectivity index (χ1) is 14.9. The van der Waals surface area contributed by atoms with Gasteiger partial charge in [-0.15, -0.1) is 12.4 Å². The van der Waals surface area contributed by atoms with Gasteiger partial charge >= 0.3 is 5.97 Å². The maximum atomic E-state index is 11.2. The Morgan fingerprint density at radius 3 is 2.53 bits per heavy atom. The van der Waals surface area contributed by atoms with Crippen LogP contribution < -0.4 is 5.32 Å². The maximum absolute atomic E-state index is 11.2. The summed E-state index contributed by atoms with van der Waals surface area (Å²) in [7, 11) is 0. The van der Waals surface area contributed by atoms with Crippen molar-refractivity contribution in [3.8, 4) is 11.1 Å². The molecule has 0 aromatic heterocycles. The normalized spacial score (nSPS) is 16.0. The second kappa shape index (κ2) is 10.5. The number of fused-ring (bicyclic) bond motifs is 1. The molecule has 0 bridgehead atoms. The van der Waals surface area contributed by atoms with Gasteiger partial charge in [-0.3, -0.25) is 0 Å². The van der Waals surface area contributed by atoms with Gasteiger partial charge in [-0.05, 0) is 83.8 Å². The van der Waals surface area contributed by atoms with Gasteiger partial charge in [0.05, 0.1) is 11.7 Å². The molecule has 0 unspecified atom stereocenters. The number of nitrogens with one attached hydrogen (secondary N) is 1. The molecular formula is C26H27Cl2NO3. The molecule has 4 nitrogen and oxygen atoms in total. The van der Waals surface area contributed by atoms with Crippen LogP contribution in [0.2, 0.25) is 5.02 Å². The number of aryl methyl sites for hydroxylation is 2. The summed E-state index contributed by atoms with van der Waals surface area (Å²) in [6.45, 7) is 2.45. The van der Waals surface area contributed by atoms with Gasteiger partial charge in [-0.25, -0.2) is 4.79 Å². The van der Waals surface area contributed by atoms with Gasteiger partial charge < -0.3 is 15.5 Å². The number of hydrogen-bond acceptors (Lipinski definition) is 3. The molecule has 0 saturated carbocycles. The molecule has 1 aliphatic rings. The predicted molar refractivity (Wildman–Crippen MR) is 131 cm³/mol. The van der Waals surface area contributed by atoms with E-state index in [2.05, 4.69) is 23.5 Å². The summed E-state index contributed by atoms with van der Waals surface area (Å²) in [6.07, 6.45) is 2.37. The Balaban J connectivity index is 0.00000289. The zero-order valence-corrected chi connectivity index (χ0v) is 19.4. The molecule has 0 aliphatic heterocycles. The van der Waals surface area contributed by atoms with Crippen LogP contribution in [0.5, 0.6) is 0 Å². The van der Waals surface area contributed by atoms with E-state index in [0.717, 1.165) is 41.5 Å². The molecule has 3 N–H and O–H groups in total. The molecule has 0 saturated heterocycles. The van der Waals surface area contributed by atoms with Crippen LogP contribution in [0.15, 0.2) is 60.7 Å². The van der Waals surface area contributed by atoms with Gasteiger partial charge in [-0.1, -0.05) is 48.0 Å². The predicted octanol–water partition coefficient (Wildman–Crippen LogP) is 5.62. The quantitative estimate of drug-likeness (QED) is 0.436. The number of aliphatic hydroxyl groups excluding tert-OH is 1. The number of benzene rings is 3. The Morgan fingerprint density at radius 2 is 1.84 bits per heavy atom. The van der Waals surface area contributed by atoms with Gasteiger partial charge in [0.25, 0.3) is 0 Å². The third kappa shape index (κ3) is 5.51. The Morgan fingerprint density at radius 1 is 1.09 bits per heavy atom. The lowest BCUT2D eigenvalue weighted by atomic mass is 9.85. The summed E-state index contributed by atoms with van der Waals surface area (Å²) in [5.74, 6) is -0.908. The molecule has 0 fully saturated rings. The zero-order chi connectivity index (χ0) is 22.0. The number of carboxylic acid groups (broad SMARTS) is 1. The largest absolute Gasteiger partial charge is 0.478 e. The van der Waals surface area contributed by atoms with Crippen molar-refractivity contribution in [2.24, 2.45) is 0 Å². The number of rotatable bonds is 6. The van der Waals surface area contributed by atoms with E-state index in [9.17, 15) is 15.0 Å². The maximum Gasteiger partial charge on any atom is 0.335 e. The first-order valence-corrected chi connectivity index (χ1v) is 10.9. The Bertz CT molecular complexity index is 1100. The van der Waals surface area contributed by atoms with E-state index in [4.69, 9.17) is 11.6 Å². The van der Waals surface area contributed by atoms with Crippen molar-refractivity contribution in [2.75, 3.05) is 6.54 Å². The molecule has 6 heteroatoms. The highest BCUT2D eigenvalue weighted by molar-refractivity contribution is 6.30. The number of carboxylic acids is 1. The highest BCUT2D eigenvalue weighted by atomic mass is 35.5. The average Bonchev–Trinajstić information content (AvgIpc) is 2.77. The van der Waals surface area contributed by atoms with Gasteiger partial charge in [0.15, 0.2) is 0 Å². The summed E-state index contributed by atoms with van der Waals surface area (Å²) >= 11 is 5.93. The fourth-order valence-corrected chi connectivity index (χ4v) is 4.43. The second-order valence-electron chi connectivity index (χ2n) is 8.23. The first kappa shape index (κ1) is 24.3. The van der Waals surface area contributed by atoms with Crippen LogP contribution in [0.25, 0.3) is 11.1 Å². The van der Waals surface area contributed by atoms with Crippen LogP contribution in [0.3, 0.4) is 0 Å². The van der Waals surface area contributed by atoms with Crippen molar-refractivity contribution < 1.29 is 15.0 Å². The molecule has 0 amide bonds. The molecule has 0 heterocycles. The SMILES string of the molecule is Cc1cc(C(=O)O)ccc1-c1ccc2c(c1)C[C@@H](NC[C@H](O)c1ccc(Cl)cc1)CC2.Cl. The summed E-state index contributed by atoms with van der Waals surface area (Å²) < 4.78 is 0. The van der Waals surface area contributed by atoms with E-state index in [1.165, 1.54) is 11.1 Å². The number of aliphatic hydroxyl groups is 1. The van der Waals surface area contributed by atoms with E-state index in [0.29, 0.717) is 23.2 Å². The molecule has 1 aliphatic carbocycles. The zero-order valence-electron chi connectivity index (χ0n) is 17.8. The average molecular weight is 472 g/mol. The number of halogens is 2. The lowest BCUT2D eigenvalue weighted by molar-refractivity contribution is 0.0697. The lowest BCUT2D eigenvalue weighted by Gasteiger charge is -2.27. The fraction of sp³-hybridized carbons (Fsp3) is 0.269. The lowest BCUT2D eigenvalue weighted by Crippen LogP contribution is -2.37. The number of aromatic carboxylic acids is 1. The Hall–Kier alpha value is -2.37. The van der Waals surface area contributed by atoms with Crippen molar-refractivity contribution in [3.05, 3.63) is 93.5 Å². The summed E-state index contributed by atoms with van der Waals surface area (Å²) in [4.78, 5) is 11.2. The van der Waals surface area contributed by atoms with Crippen LogP contribution in [0.4, 0.5) is 0 Å². The topological polar surface area (TPSA) is 69.6 Å². The van der Waals surface area contributed by atoms with E-state index in [1.807, 2.05) is 25.1 Å². The molecule has 32 heavy (non-hydrogen) atoms. The van der Waals surface area contributed by atoms with Crippen molar-refractivity contribution in [1.29, 1.82) is 0 Å². The highest BCUT2D eigenvalue weighted by Gasteiger charge is 2.20. The van der Waals surface area contributed by atoms with Crippen molar-refractivity contribution in [1.82, 2.24) is 5.32 Å². The smallest absolute Gasteiger partial charge is 0.335 e. The molecule has 0 radical (unpaired) electrons. The third-order valence-electron chi connectivity index (χ3n) is 6.07. The molecule has 0 spiro atoms. The van der Waals surface area contributed by atoms with Crippen LogP contribution in [-0.2, 0) is 12.8 Å². The van der Waals surface area contributed by atoms with Crippen LogP contribution in [0, 0.1) is 6.92 Å².